The molecule has 0 unspecified atom stereocenters. The molecule has 3 aromatic rings. The van der Waals surface area contributed by atoms with E-state index in [-0.39, 0.29) is 35.7 Å². The Kier molecular flexibility index (Phi) is 5.64. The number of halogens is 4. The van der Waals surface area contributed by atoms with Gasteiger partial charge in [0, 0.05) is 13.0 Å². The van der Waals surface area contributed by atoms with Gasteiger partial charge < -0.3 is 5.32 Å². The Hall–Kier alpha value is -2.94. The van der Waals surface area contributed by atoms with Crippen LogP contribution >= 0.6 is 11.6 Å². The topological polar surface area (TPSA) is 76.9 Å². The number of anilines is 1. The second-order valence-electron chi connectivity index (χ2n) is 5.98. The molecule has 1 amide bonds. The van der Waals surface area contributed by atoms with Gasteiger partial charge >= 0.3 is 6.18 Å². The molecule has 0 atom stereocenters. The maximum absolute atomic E-state index is 12.6. The predicted octanol–water partition coefficient (Wildman–Crippen LogP) is 3.88. The van der Waals surface area contributed by atoms with Gasteiger partial charge in [-0.1, -0.05) is 28.9 Å². The number of carbonyl (C=O) groups excluding carboxylic acids is 1. The highest BCUT2D eigenvalue weighted by atomic mass is 35.5. The first kappa shape index (κ1) is 19.8. The van der Waals surface area contributed by atoms with Gasteiger partial charge in [0.05, 0.1) is 21.7 Å². The van der Waals surface area contributed by atoms with Gasteiger partial charge in [0.15, 0.2) is 0 Å². The van der Waals surface area contributed by atoms with Crippen LogP contribution in [-0.2, 0) is 17.5 Å². The van der Waals surface area contributed by atoms with E-state index in [4.69, 9.17) is 11.6 Å². The monoisotopic (exact) mass is 410 g/mol. The van der Waals surface area contributed by atoms with Gasteiger partial charge in [0.1, 0.15) is 5.52 Å². The van der Waals surface area contributed by atoms with Crippen molar-refractivity contribution in [1.82, 2.24) is 15.0 Å². The van der Waals surface area contributed by atoms with Gasteiger partial charge in [-0.2, -0.15) is 13.2 Å². The lowest BCUT2D eigenvalue weighted by molar-refractivity contribution is -0.137. The van der Waals surface area contributed by atoms with E-state index in [2.05, 4.69) is 15.6 Å². The van der Waals surface area contributed by atoms with Crippen molar-refractivity contribution in [2.24, 2.45) is 0 Å². The minimum atomic E-state index is -4.51. The van der Waals surface area contributed by atoms with Gasteiger partial charge in [-0.05, 0) is 36.8 Å². The molecule has 0 spiro atoms. The third-order valence-corrected chi connectivity index (χ3v) is 4.29. The summed E-state index contributed by atoms with van der Waals surface area (Å²) in [4.78, 5) is 24.3. The van der Waals surface area contributed by atoms with Gasteiger partial charge in [-0.3, -0.25) is 9.59 Å². The first-order chi connectivity index (χ1) is 13.3. The summed E-state index contributed by atoms with van der Waals surface area (Å²) in [5, 5.41) is 10.5. The predicted molar refractivity (Wildman–Crippen MR) is 98.1 cm³/mol. The number of benzene rings is 2. The minimum Gasteiger partial charge on any atom is -0.325 e. The second-order valence-corrected chi connectivity index (χ2v) is 6.39. The molecule has 1 N–H and O–H groups in total. The molecule has 1 aromatic heterocycles. The Morgan fingerprint density at radius 3 is 2.64 bits per heavy atom. The maximum atomic E-state index is 12.6. The number of alkyl halides is 3. The number of nitrogens with one attached hydrogen (secondary N) is 1. The van der Waals surface area contributed by atoms with E-state index in [1.807, 2.05) is 0 Å². The maximum Gasteiger partial charge on any atom is 0.416 e. The fraction of sp³-hybridized carbons (Fsp3) is 0.222. The number of carbonyl (C=O) groups is 1. The second kappa shape index (κ2) is 7.97. The van der Waals surface area contributed by atoms with Crippen molar-refractivity contribution in [3.63, 3.8) is 0 Å². The summed E-state index contributed by atoms with van der Waals surface area (Å²) < 4.78 is 39.1. The van der Waals surface area contributed by atoms with Gasteiger partial charge in [0.2, 0.25) is 5.91 Å². The largest absolute Gasteiger partial charge is 0.416 e. The van der Waals surface area contributed by atoms with E-state index >= 15 is 0 Å². The molecule has 2 aromatic carbocycles. The molecule has 6 nitrogen and oxygen atoms in total. The quantitative estimate of drug-likeness (QED) is 0.692. The number of hydrogen-bond acceptors (Lipinski definition) is 4. The Bertz CT molecular complexity index is 1080. The zero-order valence-corrected chi connectivity index (χ0v) is 15.1. The van der Waals surface area contributed by atoms with Crippen LogP contribution in [0.3, 0.4) is 0 Å². The number of hydrogen-bond donors (Lipinski definition) is 1. The van der Waals surface area contributed by atoms with E-state index in [1.165, 1.54) is 4.68 Å². The van der Waals surface area contributed by atoms with Crippen LogP contribution in [-0.4, -0.2) is 20.9 Å². The summed E-state index contributed by atoms with van der Waals surface area (Å²) in [6, 6.07) is 9.47. The van der Waals surface area contributed by atoms with Crippen molar-refractivity contribution >= 4 is 34.1 Å². The first-order valence-electron chi connectivity index (χ1n) is 8.25. The zero-order valence-electron chi connectivity index (χ0n) is 14.3. The highest BCUT2D eigenvalue weighted by molar-refractivity contribution is 6.33. The molecule has 0 saturated carbocycles. The molecule has 1 heterocycles. The summed E-state index contributed by atoms with van der Waals surface area (Å²) in [5.74, 6) is -0.441. The highest BCUT2D eigenvalue weighted by Crippen LogP contribution is 2.33. The third kappa shape index (κ3) is 4.48. The van der Waals surface area contributed by atoms with E-state index in [9.17, 15) is 22.8 Å². The Morgan fingerprint density at radius 1 is 1.18 bits per heavy atom. The zero-order chi connectivity index (χ0) is 20.3. The third-order valence-electron chi connectivity index (χ3n) is 3.97. The standard InChI is InChI=1S/C18H14ClF3N4O2/c19-13-10-11(18(20,21)22)7-8-15(13)23-16(27)6-3-9-26-17(28)12-4-1-2-5-14(12)24-25-26/h1-2,4-5,7-8,10H,3,6,9H2,(H,23,27). The van der Waals surface area contributed by atoms with Crippen molar-refractivity contribution in [2.45, 2.75) is 25.6 Å². The fourth-order valence-corrected chi connectivity index (χ4v) is 2.79. The fourth-order valence-electron chi connectivity index (χ4n) is 2.56. The number of fused-ring (bicyclic) bond motifs is 1. The van der Waals surface area contributed by atoms with Crippen molar-refractivity contribution in [3.05, 3.63) is 63.4 Å². The van der Waals surface area contributed by atoms with Crippen LogP contribution in [0.4, 0.5) is 18.9 Å². The first-order valence-corrected chi connectivity index (χ1v) is 8.62. The summed E-state index contributed by atoms with van der Waals surface area (Å²) in [7, 11) is 0. The molecule has 3 rings (SSSR count). The Labute approximate surface area is 161 Å². The molecule has 10 heteroatoms. The summed E-state index contributed by atoms with van der Waals surface area (Å²) >= 11 is 5.81. The van der Waals surface area contributed by atoms with Gasteiger partial charge in [-0.25, -0.2) is 4.68 Å². The Morgan fingerprint density at radius 2 is 1.93 bits per heavy atom. The smallest absolute Gasteiger partial charge is 0.325 e. The van der Waals surface area contributed by atoms with E-state index in [0.717, 1.165) is 18.2 Å². The van der Waals surface area contributed by atoms with Crippen LogP contribution < -0.4 is 10.9 Å². The average molecular weight is 411 g/mol. The Balaban J connectivity index is 1.60. The lowest BCUT2D eigenvalue weighted by Crippen LogP contribution is -2.25. The molecule has 0 fully saturated rings. The van der Waals surface area contributed by atoms with Crippen LogP contribution in [0.15, 0.2) is 47.3 Å². The molecule has 0 radical (unpaired) electrons. The molecule has 146 valence electrons. The molecule has 28 heavy (non-hydrogen) atoms. The van der Waals surface area contributed by atoms with Crippen LogP contribution in [0.25, 0.3) is 10.9 Å². The molecular formula is C18H14ClF3N4O2. The molecular weight excluding hydrogens is 397 g/mol. The normalized spacial score (nSPS) is 11.6. The lowest BCUT2D eigenvalue weighted by Gasteiger charge is -2.11. The molecule has 0 bridgehead atoms. The summed E-state index contributed by atoms with van der Waals surface area (Å²) in [5.41, 5.74) is -0.637. The molecule has 0 aliphatic rings. The number of amides is 1. The highest BCUT2D eigenvalue weighted by Gasteiger charge is 2.30. The van der Waals surface area contributed by atoms with Crippen molar-refractivity contribution in [1.29, 1.82) is 0 Å². The van der Waals surface area contributed by atoms with Crippen LogP contribution in [0.5, 0.6) is 0 Å². The van der Waals surface area contributed by atoms with Crippen molar-refractivity contribution < 1.29 is 18.0 Å². The lowest BCUT2D eigenvalue weighted by atomic mass is 10.2. The van der Waals surface area contributed by atoms with E-state index in [1.54, 1.807) is 24.3 Å². The van der Waals surface area contributed by atoms with E-state index in [0.29, 0.717) is 10.9 Å². The van der Waals surface area contributed by atoms with Crippen LogP contribution in [0.2, 0.25) is 5.02 Å². The summed E-state index contributed by atoms with van der Waals surface area (Å²) in [6.07, 6.45) is -4.20. The number of aromatic nitrogens is 3. The van der Waals surface area contributed by atoms with Crippen LogP contribution in [0, 0.1) is 0 Å². The molecule has 0 aliphatic heterocycles. The van der Waals surface area contributed by atoms with Crippen molar-refractivity contribution in [3.8, 4) is 0 Å². The molecule has 0 aliphatic carbocycles. The molecule has 0 saturated heterocycles. The van der Waals surface area contributed by atoms with E-state index < -0.39 is 17.6 Å². The van der Waals surface area contributed by atoms with Gasteiger partial charge in [-0.15, -0.1) is 5.10 Å². The van der Waals surface area contributed by atoms with Crippen LogP contribution in [0.1, 0.15) is 18.4 Å². The summed E-state index contributed by atoms with van der Waals surface area (Å²) in [6.45, 7) is 0.171. The SMILES string of the molecule is O=C(CCCn1nnc2ccccc2c1=O)Nc1ccc(C(F)(F)F)cc1Cl. The number of nitrogens with zero attached hydrogens (tertiary/aromatic N) is 3. The average Bonchev–Trinajstić information content (AvgIpc) is 2.64. The number of rotatable bonds is 5. The minimum absolute atomic E-state index is 0.0261. The van der Waals surface area contributed by atoms with Gasteiger partial charge in [0.25, 0.3) is 5.56 Å². The number of aryl methyl sites for hydroxylation is 1. The van der Waals surface area contributed by atoms with Crippen molar-refractivity contribution in [2.75, 3.05) is 5.32 Å².